The first kappa shape index (κ1) is 20.4. The van der Waals surface area contributed by atoms with Crippen molar-refractivity contribution in [1.82, 2.24) is 35.0 Å². The summed E-state index contributed by atoms with van der Waals surface area (Å²) in [6.45, 7) is 0.735. The highest BCUT2D eigenvalue weighted by molar-refractivity contribution is 6.30. The van der Waals surface area contributed by atoms with Gasteiger partial charge in [0.1, 0.15) is 17.2 Å². The van der Waals surface area contributed by atoms with Gasteiger partial charge in [0.15, 0.2) is 11.6 Å². The van der Waals surface area contributed by atoms with Crippen LogP contribution in [-0.2, 0) is 20.1 Å². The third-order valence-corrected chi connectivity index (χ3v) is 4.97. The molecule has 0 radical (unpaired) electrons. The standard InChI is InChI=1S/C21H19ClN8O/c1-30-18(28-29-20(30)17-7-9-23-13-27-17)12-25-16-6-2-4-14(10-16)21(31)26-11-15-5-3-8-24-19(15)22/h2-10,13,25H,11-12H2,1H3,(H,26,31). The zero-order valence-electron chi connectivity index (χ0n) is 16.7. The zero-order valence-corrected chi connectivity index (χ0v) is 17.4. The topological polar surface area (TPSA) is 111 Å². The van der Waals surface area contributed by atoms with Crippen molar-refractivity contribution in [2.24, 2.45) is 7.05 Å². The van der Waals surface area contributed by atoms with E-state index in [1.54, 1.807) is 36.7 Å². The van der Waals surface area contributed by atoms with Crippen LogP contribution in [0.15, 0.2) is 61.2 Å². The summed E-state index contributed by atoms with van der Waals surface area (Å²) in [5.41, 5.74) is 2.78. The van der Waals surface area contributed by atoms with Crippen LogP contribution in [0.5, 0.6) is 0 Å². The fourth-order valence-corrected chi connectivity index (χ4v) is 3.13. The van der Waals surface area contributed by atoms with E-state index in [1.165, 1.54) is 6.33 Å². The van der Waals surface area contributed by atoms with Crippen LogP contribution in [-0.4, -0.2) is 35.6 Å². The molecule has 1 amide bonds. The number of halogens is 1. The number of aromatic nitrogens is 6. The number of hydrogen-bond donors (Lipinski definition) is 2. The third kappa shape index (κ3) is 4.84. The highest BCUT2D eigenvalue weighted by Crippen LogP contribution is 2.16. The fraction of sp³-hybridized carbons (Fsp3) is 0.143. The number of pyridine rings is 1. The number of hydrogen-bond acceptors (Lipinski definition) is 7. The smallest absolute Gasteiger partial charge is 0.251 e. The Morgan fingerprint density at radius 2 is 1.97 bits per heavy atom. The molecular weight excluding hydrogens is 416 g/mol. The number of benzene rings is 1. The Balaban J connectivity index is 1.39. The van der Waals surface area contributed by atoms with Crippen molar-refractivity contribution < 1.29 is 4.79 Å². The average molecular weight is 435 g/mol. The zero-order chi connectivity index (χ0) is 21.6. The van der Waals surface area contributed by atoms with Gasteiger partial charge in [-0.15, -0.1) is 10.2 Å². The SMILES string of the molecule is Cn1c(CNc2cccc(C(=O)NCc3cccnc3Cl)c2)nnc1-c1ccncn1. The lowest BCUT2D eigenvalue weighted by Gasteiger charge is -2.10. The maximum atomic E-state index is 12.5. The summed E-state index contributed by atoms with van der Waals surface area (Å²) in [7, 11) is 1.88. The van der Waals surface area contributed by atoms with Crippen molar-refractivity contribution in [1.29, 1.82) is 0 Å². The predicted molar refractivity (Wildman–Crippen MR) is 116 cm³/mol. The second kappa shape index (κ2) is 9.31. The molecule has 0 saturated heterocycles. The number of nitrogens with zero attached hydrogens (tertiary/aromatic N) is 6. The highest BCUT2D eigenvalue weighted by Gasteiger charge is 2.12. The lowest BCUT2D eigenvalue weighted by molar-refractivity contribution is 0.0951. The van der Waals surface area contributed by atoms with Crippen LogP contribution in [0.4, 0.5) is 5.69 Å². The lowest BCUT2D eigenvalue weighted by Crippen LogP contribution is -2.23. The Morgan fingerprint density at radius 3 is 2.77 bits per heavy atom. The van der Waals surface area contributed by atoms with Crippen molar-refractivity contribution in [3.05, 3.63) is 83.3 Å². The first-order valence-corrected chi connectivity index (χ1v) is 9.86. The summed E-state index contributed by atoms with van der Waals surface area (Å²) >= 11 is 6.04. The van der Waals surface area contributed by atoms with E-state index in [1.807, 2.05) is 29.8 Å². The van der Waals surface area contributed by atoms with Crippen LogP contribution < -0.4 is 10.6 Å². The molecule has 31 heavy (non-hydrogen) atoms. The molecule has 0 bridgehead atoms. The van der Waals surface area contributed by atoms with Crippen LogP contribution in [0.25, 0.3) is 11.5 Å². The largest absolute Gasteiger partial charge is 0.378 e. The van der Waals surface area contributed by atoms with Crippen molar-refractivity contribution in [2.45, 2.75) is 13.1 Å². The maximum Gasteiger partial charge on any atom is 0.251 e. The lowest BCUT2D eigenvalue weighted by atomic mass is 10.2. The van der Waals surface area contributed by atoms with Gasteiger partial charge in [0.25, 0.3) is 5.91 Å². The summed E-state index contributed by atoms with van der Waals surface area (Å²) in [5.74, 6) is 1.18. The minimum atomic E-state index is -0.201. The van der Waals surface area contributed by atoms with Gasteiger partial charge in [-0.2, -0.15) is 0 Å². The molecule has 3 heterocycles. The van der Waals surface area contributed by atoms with E-state index in [0.717, 1.165) is 17.1 Å². The van der Waals surface area contributed by atoms with E-state index in [4.69, 9.17) is 11.6 Å². The number of amides is 1. The number of nitrogens with one attached hydrogen (secondary N) is 2. The molecule has 0 fully saturated rings. The first-order valence-electron chi connectivity index (χ1n) is 9.48. The molecule has 0 aliphatic carbocycles. The van der Waals surface area contributed by atoms with Crippen molar-refractivity contribution in [3.8, 4) is 11.5 Å². The summed E-state index contributed by atoms with van der Waals surface area (Å²) < 4.78 is 1.86. The van der Waals surface area contributed by atoms with E-state index >= 15 is 0 Å². The van der Waals surface area contributed by atoms with Crippen LogP contribution in [0.3, 0.4) is 0 Å². The molecule has 4 aromatic rings. The molecule has 0 saturated carbocycles. The third-order valence-electron chi connectivity index (χ3n) is 4.63. The van der Waals surface area contributed by atoms with Gasteiger partial charge in [-0.05, 0) is 30.3 Å². The minimum Gasteiger partial charge on any atom is -0.378 e. The van der Waals surface area contributed by atoms with E-state index < -0.39 is 0 Å². The fourth-order valence-electron chi connectivity index (χ4n) is 2.94. The van der Waals surface area contributed by atoms with Gasteiger partial charge in [-0.1, -0.05) is 23.7 Å². The first-order chi connectivity index (χ1) is 15.1. The highest BCUT2D eigenvalue weighted by atomic mass is 35.5. The molecule has 4 rings (SSSR count). The van der Waals surface area contributed by atoms with Gasteiger partial charge in [-0.3, -0.25) is 4.79 Å². The predicted octanol–water partition coefficient (Wildman–Crippen LogP) is 2.86. The van der Waals surface area contributed by atoms with Gasteiger partial charge < -0.3 is 15.2 Å². The molecule has 0 spiro atoms. The molecule has 9 nitrogen and oxygen atoms in total. The van der Waals surface area contributed by atoms with Crippen LogP contribution in [0.2, 0.25) is 5.15 Å². The number of carbonyl (C=O) groups excluding carboxylic acids is 1. The number of rotatable bonds is 7. The van der Waals surface area contributed by atoms with Crippen molar-refractivity contribution in [2.75, 3.05) is 5.32 Å². The van der Waals surface area contributed by atoms with Crippen molar-refractivity contribution in [3.63, 3.8) is 0 Å². The Bertz CT molecular complexity index is 1190. The van der Waals surface area contributed by atoms with Gasteiger partial charge in [0.2, 0.25) is 0 Å². The van der Waals surface area contributed by atoms with Crippen LogP contribution in [0.1, 0.15) is 21.7 Å². The molecule has 3 aromatic heterocycles. The normalized spacial score (nSPS) is 10.6. The monoisotopic (exact) mass is 434 g/mol. The average Bonchev–Trinajstić information content (AvgIpc) is 3.18. The molecule has 0 atom stereocenters. The van der Waals surface area contributed by atoms with E-state index in [2.05, 4.69) is 35.8 Å². The Labute approximate surface area is 183 Å². The molecule has 156 valence electrons. The summed E-state index contributed by atoms with van der Waals surface area (Å²) in [5, 5.41) is 14.9. The van der Waals surface area contributed by atoms with Crippen LogP contribution >= 0.6 is 11.6 Å². The van der Waals surface area contributed by atoms with Gasteiger partial charge in [0.05, 0.1) is 6.54 Å². The molecule has 0 unspecified atom stereocenters. The number of carbonyl (C=O) groups is 1. The summed E-state index contributed by atoms with van der Waals surface area (Å²) in [6, 6.07) is 12.6. The van der Waals surface area contributed by atoms with Gasteiger partial charge in [0, 0.05) is 42.8 Å². The minimum absolute atomic E-state index is 0.201. The van der Waals surface area contributed by atoms with Crippen LogP contribution in [0, 0.1) is 0 Å². The van der Waals surface area contributed by atoms with E-state index in [-0.39, 0.29) is 5.91 Å². The summed E-state index contributed by atoms with van der Waals surface area (Å²) in [6.07, 6.45) is 4.74. The molecule has 0 aliphatic rings. The number of anilines is 1. The molecule has 0 aliphatic heterocycles. The van der Waals surface area contributed by atoms with Crippen molar-refractivity contribution >= 4 is 23.2 Å². The van der Waals surface area contributed by atoms with Gasteiger partial charge >= 0.3 is 0 Å². The Kier molecular flexibility index (Phi) is 6.13. The van der Waals surface area contributed by atoms with Gasteiger partial charge in [-0.25, -0.2) is 15.0 Å². The summed E-state index contributed by atoms with van der Waals surface area (Å²) in [4.78, 5) is 24.7. The molecule has 1 aromatic carbocycles. The molecule has 2 N–H and O–H groups in total. The Morgan fingerprint density at radius 1 is 1.06 bits per heavy atom. The van der Waals surface area contributed by atoms with E-state index in [0.29, 0.717) is 35.3 Å². The second-order valence-corrected chi connectivity index (χ2v) is 7.02. The molecular formula is C21H19ClN8O. The van der Waals surface area contributed by atoms with E-state index in [9.17, 15) is 4.79 Å². The maximum absolute atomic E-state index is 12.5. The molecule has 10 heteroatoms. The Hall–Kier alpha value is -3.85. The quantitative estimate of drug-likeness (QED) is 0.430. The second-order valence-electron chi connectivity index (χ2n) is 6.66.